The Hall–Kier alpha value is -2.39. The van der Waals surface area contributed by atoms with Gasteiger partial charge in [-0.2, -0.15) is 9.61 Å². The van der Waals surface area contributed by atoms with E-state index in [1.54, 1.807) is 0 Å². The largest absolute Gasteiger partial charge is 0.486 e. The summed E-state index contributed by atoms with van der Waals surface area (Å²) in [7, 11) is 0. The van der Waals surface area contributed by atoms with Crippen molar-refractivity contribution in [1.82, 2.24) is 14.6 Å². The number of thioether (sulfide) groups is 1. The van der Waals surface area contributed by atoms with Crippen LogP contribution in [0, 0.1) is 6.92 Å². The third-order valence-corrected chi connectivity index (χ3v) is 5.09. The summed E-state index contributed by atoms with van der Waals surface area (Å²) in [5.41, 5.74) is 1.29. The van der Waals surface area contributed by atoms with Gasteiger partial charge in [0.25, 0.3) is 5.56 Å². The van der Waals surface area contributed by atoms with Gasteiger partial charge in [0.2, 0.25) is 4.96 Å². The zero-order chi connectivity index (χ0) is 17.8. The first-order chi connectivity index (χ1) is 12.0. The average Bonchev–Trinajstić information content (AvgIpc) is 2.97. The van der Waals surface area contributed by atoms with E-state index in [0.29, 0.717) is 21.4 Å². The van der Waals surface area contributed by atoms with E-state index in [4.69, 9.17) is 9.84 Å². The van der Waals surface area contributed by atoms with Crippen LogP contribution >= 0.6 is 23.1 Å². The summed E-state index contributed by atoms with van der Waals surface area (Å²) < 4.78 is 6.99. The van der Waals surface area contributed by atoms with Crippen LogP contribution in [0.2, 0.25) is 0 Å². The molecule has 0 aliphatic carbocycles. The molecule has 0 atom stereocenters. The van der Waals surface area contributed by atoms with Crippen LogP contribution in [-0.4, -0.2) is 31.4 Å². The lowest BCUT2D eigenvalue weighted by Gasteiger charge is -2.05. The third kappa shape index (κ3) is 4.37. The Balaban J connectivity index is 1.75. The number of fused-ring (bicyclic) bond motifs is 1. The summed E-state index contributed by atoms with van der Waals surface area (Å²) >= 11 is 2.48. The van der Waals surface area contributed by atoms with E-state index < -0.39 is 5.97 Å². The number of benzene rings is 1. The van der Waals surface area contributed by atoms with Crippen molar-refractivity contribution in [3.8, 4) is 5.75 Å². The molecule has 9 heteroatoms. The van der Waals surface area contributed by atoms with Crippen molar-refractivity contribution in [3.63, 3.8) is 0 Å². The van der Waals surface area contributed by atoms with Crippen molar-refractivity contribution in [2.24, 2.45) is 0 Å². The fourth-order valence-electron chi connectivity index (χ4n) is 2.13. The van der Waals surface area contributed by atoms with Crippen LogP contribution in [0.5, 0.6) is 5.75 Å². The molecule has 0 fully saturated rings. The molecule has 0 spiro atoms. The lowest BCUT2D eigenvalue weighted by Crippen LogP contribution is -2.15. The quantitative estimate of drug-likeness (QED) is 0.675. The van der Waals surface area contributed by atoms with Crippen molar-refractivity contribution >= 4 is 34.0 Å². The van der Waals surface area contributed by atoms with Crippen LogP contribution in [-0.2, 0) is 17.2 Å². The van der Waals surface area contributed by atoms with Gasteiger partial charge in [0.05, 0.1) is 11.4 Å². The van der Waals surface area contributed by atoms with Crippen LogP contribution in [0.4, 0.5) is 0 Å². The Morgan fingerprint density at radius 3 is 2.96 bits per heavy atom. The number of rotatable bonds is 7. The van der Waals surface area contributed by atoms with Crippen LogP contribution in [0.15, 0.2) is 35.1 Å². The SMILES string of the molecule is Cc1ccccc1OCc1nn2c(=O)cc(CSCC(=O)O)nc2s1. The number of carboxylic acids is 1. The monoisotopic (exact) mass is 377 g/mol. The van der Waals surface area contributed by atoms with E-state index in [9.17, 15) is 9.59 Å². The van der Waals surface area contributed by atoms with Gasteiger partial charge in [-0.1, -0.05) is 29.5 Å². The van der Waals surface area contributed by atoms with Gasteiger partial charge >= 0.3 is 5.97 Å². The number of carbonyl (C=O) groups is 1. The molecule has 25 heavy (non-hydrogen) atoms. The number of para-hydroxylation sites is 1. The molecule has 3 aromatic rings. The number of aliphatic carboxylic acids is 1. The zero-order valence-corrected chi connectivity index (χ0v) is 15.0. The molecule has 1 aromatic carbocycles. The predicted octanol–water partition coefficient (Wildman–Crippen LogP) is 2.36. The van der Waals surface area contributed by atoms with Gasteiger partial charge in [0, 0.05) is 11.8 Å². The maximum absolute atomic E-state index is 12.1. The second kappa shape index (κ2) is 7.66. The summed E-state index contributed by atoms with van der Waals surface area (Å²) in [5.74, 6) is 0.216. The topological polar surface area (TPSA) is 93.8 Å². The molecular weight excluding hydrogens is 362 g/mol. The lowest BCUT2D eigenvalue weighted by atomic mass is 10.2. The maximum Gasteiger partial charge on any atom is 0.313 e. The second-order valence-corrected chi connectivity index (χ2v) is 7.24. The fraction of sp³-hybridized carbons (Fsp3) is 0.250. The standard InChI is InChI=1S/C16H15N3O4S2/c1-10-4-2-3-5-12(10)23-7-13-18-19-14(20)6-11(17-16(19)25-13)8-24-9-15(21)22/h2-6H,7-9H2,1H3,(H,21,22). The molecule has 0 aliphatic rings. The highest BCUT2D eigenvalue weighted by molar-refractivity contribution is 7.99. The number of aromatic nitrogens is 3. The molecule has 0 radical (unpaired) electrons. The van der Waals surface area contributed by atoms with Gasteiger partial charge in [-0.15, -0.1) is 11.8 Å². The molecule has 2 heterocycles. The highest BCUT2D eigenvalue weighted by Gasteiger charge is 2.10. The second-order valence-electron chi connectivity index (χ2n) is 5.22. The Morgan fingerprint density at radius 2 is 2.20 bits per heavy atom. The molecule has 2 aromatic heterocycles. The average molecular weight is 377 g/mol. The van der Waals surface area contributed by atoms with E-state index >= 15 is 0 Å². The zero-order valence-electron chi connectivity index (χ0n) is 13.3. The first-order valence-corrected chi connectivity index (χ1v) is 9.36. The normalized spacial score (nSPS) is 10.9. The van der Waals surface area contributed by atoms with Gasteiger partial charge in [0.1, 0.15) is 12.4 Å². The molecule has 130 valence electrons. The van der Waals surface area contributed by atoms with E-state index in [2.05, 4.69) is 10.1 Å². The number of nitrogens with zero attached hydrogens (tertiary/aromatic N) is 3. The summed E-state index contributed by atoms with van der Waals surface area (Å²) in [6.07, 6.45) is 0. The number of hydrogen-bond donors (Lipinski definition) is 1. The molecule has 0 aliphatic heterocycles. The highest BCUT2D eigenvalue weighted by atomic mass is 32.2. The van der Waals surface area contributed by atoms with E-state index in [-0.39, 0.29) is 17.9 Å². The van der Waals surface area contributed by atoms with Crippen molar-refractivity contribution in [1.29, 1.82) is 0 Å². The number of ether oxygens (including phenoxy) is 1. The first-order valence-electron chi connectivity index (χ1n) is 7.39. The number of carboxylic acid groups (broad SMARTS) is 1. The first kappa shape index (κ1) is 17.4. The van der Waals surface area contributed by atoms with Crippen molar-refractivity contribution in [2.75, 3.05) is 5.75 Å². The van der Waals surface area contributed by atoms with Gasteiger partial charge < -0.3 is 9.84 Å². The van der Waals surface area contributed by atoms with Gasteiger partial charge in [-0.3, -0.25) is 9.59 Å². The minimum atomic E-state index is -0.892. The Labute approximate surface area is 151 Å². The smallest absolute Gasteiger partial charge is 0.313 e. The number of aryl methyl sites for hydroxylation is 1. The minimum absolute atomic E-state index is 0.0285. The fourth-order valence-corrected chi connectivity index (χ4v) is 3.59. The van der Waals surface area contributed by atoms with Gasteiger partial charge in [-0.05, 0) is 18.6 Å². The molecule has 7 nitrogen and oxygen atoms in total. The van der Waals surface area contributed by atoms with E-state index in [1.165, 1.54) is 33.7 Å². The predicted molar refractivity (Wildman–Crippen MR) is 96.4 cm³/mol. The van der Waals surface area contributed by atoms with Gasteiger partial charge in [-0.25, -0.2) is 4.98 Å². The van der Waals surface area contributed by atoms with Crippen LogP contribution in [0.1, 0.15) is 16.3 Å². The van der Waals surface area contributed by atoms with Gasteiger partial charge in [0.15, 0.2) is 5.01 Å². The third-order valence-electron chi connectivity index (χ3n) is 3.26. The lowest BCUT2D eigenvalue weighted by molar-refractivity contribution is -0.133. The minimum Gasteiger partial charge on any atom is -0.486 e. The van der Waals surface area contributed by atoms with E-state index in [1.807, 2.05) is 31.2 Å². The molecular formula is C16H15N3O4S2. The molecule has 0 amide bonds. The Bertz CT molecular complexity index is 967. The maximum atomic E-state index is 12.1. The summed E-state index contributed by atoms with van der Waals surface area (Å²) in [4.78, 5) is 27.5. The van der Waals surface area contributed by atoms with Crippen molar-refractivity contribution < 1.29 is 14.6 Å². The number of hydrogen-bond acceptors (Lipinski definition) is 7. The van der Waals surface area contributed by atoms with Crippen molar-refractivity contribution in [3.05, 3.63) is 57.0 Å². The molecule has 0 unspecified atom stereocenters. The molecule has 3 rings (SSSR count). The van der Waals surface area contributed by atoms with E-state index in [0.717, 1.165) is 11.3 Å². The molecule has 0 bridgehead atoms. The Morgan fingerprint density at radius 1 is 1.40 bits per heavy atom. The molecule has 0 saturated carbocycles. The van der Waals surface area contributed by atoms with Crippen LogP contribution in [0.25, 0.3) is 4.96 Å². The van der Waals surface area contributed by atoms with Crippen LogP contribution < -0.4 is 10.3 Å². The summed E-state index contributed by atoms with van der Waals surface area (Å²) in [6.45, 7) is 2.21. The summed E-state index contributed by atoms with van der Waals surface area (Å²) in [6, 6.07) is 9.06. The highest BCUT2D eigenvalue weighted by Crippen LogP contribution is 2.20. The van der Waals surface area contributed by atoms with Crippen LogP contribution in [0.3, 0.4) is 0 Å². The summed E-state index contributed by atoms with van der Waals surface area (Å²) in [5, 5.41) is 13.5. The van der Waals surface area contributed by atoms with Crippen molar-refractivity contribution in [2.45, 2.75) is 19.3 Å². The molecule has 1 N–H and O–H groups in total. The Kier molecular flexibility index (Phi) is 5.34. The molecule has 0 saturated heterocycles.